The van der Waals surface area contributed by atoms with E-state index in [9.17, 15) is 0 Å². The first-order valence-electron chi connectivity index (χ1n) is 4.07. The third-order valence-electron chi connectivity index (χ3n) is 1.49. The Balaban J connectivity index is 2.33. The molecular formula is C9H13BrN2S. The van der Waals surface area contributed by atoms with Crippen molar-refractivity contribution in [3.8, 4) is 0 Å². The standard InChI is InChI=1S/C9H13BrN2S/c1-12(2)5-6-13-9-4-3-8(10)7-11-9/h3-4,7H,5-6H2,1-2H3. The zero-order chi connectivity index (χ0) is 9.68. The summed E-state index contributed by atoms with van der Waals surface area (Å²) in [7, 11) is 4.16. The Morgan fingerprint density at radius 2 is 2.23 bits per heavy atom. The predicted molar refractivity (Wildman–Crippen MR) is 61.2 cm³/mol. The van der Waals surface area contributed by atoms with Crippen molar-refractivity contribution in [2.75, 3.05) is 26.4 Å². The van der Waals surface area contributed by atoms with Crippen molar-refractivity contribution >= 4 is 27.7 Å². The molecule has 0 aromatic carbocycles. The summed E-state index contributed by atoms with van der Waals surface area (Å²) < 4.78 is 1.03. The van der Waals surface area contributed by atoms with Gasteiger partial charge in [0.2, 0.25) is 0 Å². The van der Waals surface area contributed by atoms with Crippen LogP contribution in [0.3, 0.4) is 0 Å². The summed E-state index contributed by atoms with van der Waals surface area (Å²) in [6.45, 7) is 1.09. The second kappa shape index (κ2) is 5.62. The molecule has 0 saturated carbocycles. The average Bonchev–Trinajstić information content (AvgIpc) is 2.08. The van der Waals surface area contributed by atoms with Crippen LogP contribution in [0.4, 0.5) is 0 Å². The fraction of sp³-hybridized carbons (Fsp3) is 0.444. The van der Waals surface area contributed by atoms with Crippen molar-refractivity contribution < 1.29 is 0 Å². The summed E-state index contributed by atoms with van der Waals surface area (Å²) in [4.78, 5) is 6.45. The number of rotatable bonds is 4. The van der Waals surface area contributed by atoms with Gasteiger partial charge in [0.15, 0.2) is 0 Å². The van der Waals surface area contributed by atoms with Crippen molar-refractivity contribution in [2.24, 2.45) is 0 Å². The monoisotopic (exact) mass is 260 g/mol. The van der Waals surface area contributed by atoms with E-state index in [1.807, 2.05) is 18.3 Å². The van der Waals surface area contributed by atoms with Gasteiger partial charge >= 0.3 is 0 Å². The lowest BCUT2D eigenvalue weighted by molar-refractivity contribution is 0.437. The summed E-state index contributed by atoms with van der Waals surface area (Å²) in [5.74, 6) is 1.08. The van der Waals surface area contributed by atoms with Crippen LogP contribution in [0.15, 0.2) is 27.8 Å². The third kappa shape index (κ3) is 4.64. The molecule has 1 aromatic heterocycles. The van der Waals surface area contributed by atoms with E-state index in [1.54, 1.807) is 11.8 Å². The number of nitrogens with zero attached hydrogens (tertiary/aromatic N) is 2. The number of pyridine rings is 1. The van der Waals surface area contributed by atoms with Gasteiger partial charge in [-0.15, -0.1) is 11.8 Å². The maximum Gasteiger partial charge on any atom is 0.0961 e. The highest BCUT2D eigenvalue weighted by Crippen LogP contribution is 2.16. The number of hydrogen-bond acceptors (Lipinski definition) is 3. The molecular weight excluding hydrogens is 248 g/mol. The molecule has 0 unspecified atom stereocenters. The first kappa shape index (κ1) is 11.0. The summed E-state index contributed by atoms with van der Waals surface area (Å²) in [5.41, 5.74) is 0. The second-order valence-corrected chi connectivity index (χ2v) is 5.00. The molecule has 1 aromatic rings. The molecule has 0 radical (unpaired) electrons. The Morgan fingerprint density at radius 3 is 2.77 bits per heavy atom. The van der Waals surface area contributed by atoms with Gasteiger partial charge in [-0.3, -0.25) is 0 Å². The van der Waals surface area contributed by atoms with Crippen molar-refractivity contribution in [1.29, 1.82) is 0 Å². The summed E-state index contributed by atoms with van der Waals surface area (Å²) >= 11 is 5.14. The quantitative estimate of drug-likeness (QED) is 0.775. The molecule has 0 bridgehead atoms. The van der Waals surface area contributed by atoms with Crippen molar-refractivity contribution in [1.82, 2.24) is 9.88 Å². The Hall–Kier alpha value is -0.0600. The third-order valence-corrected chi connectivity index (χ3v) is 2.88. The normalized spacial score (nSPS) is 10.8. The Morgan fingerprint density at radius 1 is 1.46 bits per heavy atom. The van der Waals surface area contributed by atoms with E-state index >= 15 is 0 Å². The van der Waals surface area contributed by atoms with Crippen LogP contribution < -0.4 is 0 Å². The molecule has 0 aliphatic carbocycles. The van der Waals surface area contributed by atoms with Gasteiger partial charge in [-0.25, -0.2) is 4.98 Å². The first-order valence-corrected chi connectivity index (χ1v) is 5.85. The van der Waals surface area contributed by atoms with Gasteiger partial charge in [-0.05, 0) is 42.2 Å². The molecule has 0 spiro atoms. The van der Waals surface area contributed by atoms with E-state index in [1.165, 1.54) is 0 Å². The lowest BCUT2D eigenvalue weighted by Crippen LogP contribution is -2.14. The minimum atomic E-state index is 1.03. The molecule has 0 amide bonds. The van der Waals surface area contributed by atoms with Crippen molar-refractivity contribution in [3.63, 3.8) is 0 Å². The van der Waals surface area contributed by atoms with Gasteiger partial charge in [0.1, 0.15) is 0 Å². The minimum absolute atomic E-state index is 1.03. The molecule has 1 heterocycles. The molecule has 13 heavy (non-hydrogen) atoms. The van der Waals surface area contributed by atoms with Crippen LogP contribution in [0.1, 0.15) is 0 Å². The van der Waals surface area contributed by atoms with Gasteiger partial charge in [0.25, 0.3) is 0 Å². The number of aromatic nitrogens is 1. The SMILES string of the molecule is CN(C)CCSc1ccc(Br)cn1. The van der Waals surface area contributed by atoms with Crippen LogP contribution >= 0.6 is 27.7 Å². The summed E-state index contributed by atoms with van der Waals surface area (Å²) in [6, 6.07) is 4.05. The minimum Gasteiger partial charge on any atom is -0.309 e. The van der Waals surface area contributed by atoms with Crippen LogP contribution in [0.2, 0.25) is 0 Å². The largest absolute Gasteiger partial charge is 0.309 e. The van der Waals surface area contributed by atoms with Crippen LogP contribution in [0.5, 0.6) is 0 Å². The molecule has 72 valence electrons. The lowest BCUT2D eigenvalue weighted by atomic mass is 10.5. The Bertz CT molecular complexity index is 248. The molecule has 1 rings (SSSR count). The second-order valence-electron chi connectivity index (χ2n) is 2.97. The molecule has 0 fully saturated rings. The molecule has 4 heteroatoms. The summed E-state index contributed by atoms with van der Waals surface area (Å²) in [6.07, 6.45) is 1.83. The van der Waals surface area contributed by atoms with Gasteiger partial charge in [0, 0.05) is 23.0 Å². The van der Waals surface area contributed by atoms with Gasteiger partial charge in [-0.2, -0.15) is 0 Å². The van der Waals surface area contributed by atoms with Crippen LogP contribution in [-0.4, -0.2) is 36.3 Å². The zero-order valence-electron chi connectivity index (χ0n) is 7.83. The van der Waals surface area contributed by atoms with E-state index in [2.05, 4.69) is 39.9 Å². The number of hydrogen-bond donors (Lipinski definition) is 0. The van der Waals surface area contributed by atoms with E-state index in [-0.39, 0.29) is 0 Å². The van der Waals surface area contributed by atoms with E-state index < -0.39 is 0 Å². The number of halogens is 1. The Kier molecular flexibility index (Phi) is 4.77. The van der Waals surface area contributed by atoms with Crippen LogP contribution in [-0.2, 0) is 0 Å². The highest BCUT2D eigenvalue weighted by atomic mass is 79.9. The Labute approximate surface area is 91.9 Å². The van der Waals surface area contributed by atoms with Gasteiger partial charge < -0.3 is 4.90 Å². The van der Waals surface area contributed by atoms with Crippen molar-refractivity contribution in [2.45, 2.75) is 5.03 Å². The van der Waals surface area contributed by atoms with Crippen LogP contribution in [0.25, 0.3) is 0 Å². The van der Waals surface area contributed by atoms with E-state index in [0.29, 0.717) is 0 Å². The smallest absolute Gasteiger partial charge is 0.0961 e. The molecule has 0 atom stereocenters. The maximum atomic E-state index is 4.27. The molecule has 0 N–H and O–H groups in total. The van der Waals surface area contributed by atoms with Gasteiger partial charge in [-0.1, -0.05) is 0 Å². The number of thioether (sulfide) groups is 1. The zero-order valence-corrected chi connectivity index (χ0v) is 10.2. The predicted octanol–water partition coefficient (Wildman–Crippen LogP) is 2.50. The molecule has 0 saturated heterocycles. The first-order chi connectivity index (χ1) is 6.18. The molecule has 0 aliphatic rings. The fourth-order valence-corrected chi connectivity index (χ4v) is 1.97. The topological polar surface area (TPSA) is 16.1 Å². The fourth-order valence-electron chi connectivity index (χ4n) is 0.780. The van der Waals surface area contributed by atoms with Crippen molar-refractivity contribution in [3.05, 3.63) is 22.8 Å². The van der Waals surface area contributed by atoms with E-state index in [0.717, 1.165) is 21.8 Å². The average molecular weight is 261 g/mol. The van der Waals surface area contributed by atoms with Crippen LogP contribution in [0, 0.1) is 0 Å². The maximum absolute atomic E-state index is 4.27. The highest BCUT2D eigenvalue weighted by molar-refractivity contribution is 9.10. The van der Waals surface area contributed by atoms with Gasteiger partial charge in [0.05, 0.1) is 5.03 Å². The highest BCUT2D eigenvalue weighted by Gasteiger charge is 1.96. The summed E-state index contributed by atoms with van der Waals surface area (Å²) in [5, 5.41) is 1.09. The molecule has 2 nitrogen and oxygen atoms in total. The molecule has 0 aliphatic heterocycles. The lowest BCUT2D eigenvalue weighted by Gasteiger charge is -2.07. The van der Waals surface area contributed by atoms with E-state index in [4.69, 9.17) is 0 Å².